The van der Waals surface area contributed by atoms with Gasteiger partial charge in [-0.05, 0) is 43.0 Å². The lowest BCUT2D eigenvalue weighted by Crippen LogP contribution is -2.11. The average Bonchev–Trinajstić information content (AvgIpc) is 2.07. The molecule has 1 heterocycles. The summed E-state index contributed by atoms with van der Waals surface area (Å²) in [6.07, 6.45) is 2.24. The van der Waals surface area contributed by atoms with Gasteiger partial charge in [-0.1, -0.05) is 0 Å². The standard InChI is InChI=1S/C10H13NO/c1-7-5-9-8(6-10(7)12)3-2-4-11-9/h5-6,11-12H,2-4H2,1H3. The highest BCUT2D eigenvalue weighted by Crippen LogP contribution is 2.28. The van der Waals surface area contributed by atoms with Crippen molar-refractivity contribution in [2.45, 2.75) is 19.8 Å². The number of rotatable bonds is 0. The minimum atomic E-state index is 0.414. The number of hydrogen-bond donors (Lipinski definition) is 2. The molecule has 12 heavy (non-hydrogen) atoms. The van der Waals surface area contributed by atoms with E-state index in [2.05, 4.69) is 5.32 Å². The van der Waals surface area contributed by atoms with Gasteiger partial charge in [-0.2, -0.15) is 0 Å². The van der Waals surface area contributed by atoms with Crippen molar-refractivity contribution < 1.29 is 5.11 Å². The molecule has 1 aliphatic heterocycles. The monoisotopic (exact) mass is 163 g/mol. The van der Waals surface area contributed by atoms with Crippen LogP contribution in [0.4, 0.5) is 5.69 Å². The third kappa shape index (κ3) is 1.13. The lowest BCUT2D eigenvalue weighted by molar-refractivity contribution is 0.470. The highest BCUT2D eigenvalue weighted by Gasteiger charge is 2.09. The first-order chi connectivity index (χ1) is 5.77. The fourth-order valence-electron chi connectivity index (χ4n) is 1.61. The van der Waals surface area contributed by atoms with Gasteiger partial charge in [0.15, 0.2) is 0 Å². The summed E-state index contributed by atoms with van der Waals surface area (Å²) in [4.78, 5) is 0. The molecule has 0 aromatic heterocycles. The molecule has 0 fully saturated rings. The van der Waals surface area contributed by atoms with Crippen molar-refractivity contribution in [3.05, 3.63) is 23.3 Å². The summed E-state index contributed by atoms with van der Waals surface area (Å²) in [5, 5.41) is 12.8. The molecule has 2 rings (SSSR count). The summed E-state index contributed by atoms with van der Waals surface area (Å²) < 4.78 is 0. The summed E-state index contributed by atoms with van der Waals surface area (Å²) >= 11 is 0. The smallest absolute Gasteiger partial charge is 0.118 e. The molecular formula is C10H13NO. The van der Waals surface area contributed by atoms with E-state index in [0.29, 0.717) is 5.75 Å². The molecule has 2 N–H and O–H groups in total. The van der Waals surface area contributed by atoms with Crippen molar-refractivity contribution >= 4 is 5.69 Å². The van der Waals surface area contributed by atoms with E-state index in [1.807, 2.05) is 19.1 Å². The Morgan fingerprint density at radius 1 is 1.42 bits per heavy atom. The van der Waals surface area contributed by atoms with E-state index >= 15 is 0 Å². The Morgan fingerprint density at radius 3 is 3.08 bits per heavy atom. The van der Waals surface area contributed by atoms with Crippen molar-refractivity contribution in [1.82, 2.24) is 0 Å². The number of hydrogen-bond acceptors (Lipinski definition) is 2. The molecule has 2 nitrogen and oxygen atoms in total. The van der Waals surface area contributed by atoms with Crippen LogP contribution in [0.25, 0.3) is 0 Å². The van der Waals surface area contributed by atoms with Gasteiger partial charge in [0.2, 0.25) is 0 Å². The molecule has 1 aromatic rings. The Bertz CT molecular complexity index is 276. The van der Waals surface area contributed by atoms with Gasteiger partial charge in [0.25, 0.3) is 0 Å². The SMILES string of the molecule is Cc1cc2c(cc1O)CCCN2. The second-order valence-electron chi connectivity index (χ2n) is 3.33. The Hall–Kier alpha value is -1.18. The largest absolute Gasteiger partial charge is 0.508 e. The van der Waals surface area contributed by atoms with Gasteiger partial charge in [0.05, 0.1) is 0 Å². The molecule has 1 aromatic carbocycles. The molecule has 0 amide bonds. The van der Waals surface area contributed by atoms with Crippen molar-refractivity contribution in [2.75, 3.05) is 11.9 Å². The highest BCUT2D eigenvalue weighted by atomic mass is 16.3. The average molecular weight is 163 g/mol. The molecule has 0 bridgehead atoms. The number of benzene rings is 1. The predicted molar refractivity (Wildman–Crippen MR) is 49.7 cm³/mol. The first-order valence-corrected chi connectivity index (χ1v) is 4.34. The highest BCUT2D eigenvalue weighted by molar-refractivity contribution is 5.58. The molecule has 0 saturated heterocycles. The van der Waals surface area contributed by atoms with Crippen LogP contribution in [0.15, 0.2) is 12.1 Å². The van der Waals surface area contributed by atoms with Gasteiger partial charge < -0.3 is 10.4 Å². The third-order valence-electron chi connectivity index (χ3n) is 2.36. The zero-order valence-electron chi connectivity index (χ0n) is 7.22. The van der Waals surface area contributed by atoms with Crippen LogP contribution in [0.5, 0.6) is 5.75 Å². The lowest BCUT2D eigenvalue weighted by Gasteiger charge is -2.18. The van der Waals surface area contributed by atoms with Gasteiger partial charge in [0, 0.05) is 12.2 Å². The molecule has 1 aliphatic rings. The maximum absolute atomic E-state index is 9.45. The van der Waals surface area contributed by atoms with E-state index in [9.17, 15) is 5.11 Å². The second kappa shape index (κ2) is 2.70. The number of phenolic OH excluding ortho intramolecular Hbond substituents is 1. The Labute approximate surface area is 72.2 Å². The fraction of sp³-hybridized carbons (Fsp3) is 0.400. The van der Waals surface area contributed by atoms with Gasteiger partial charge in [-0.15, -0.1) is 0 Å². The Kier molecular flexibility index (Phi) is 1.68. The summed E-state index contributed by atoms with van der Waals surface area (Å²) in [5.74, 6) is 0.414. The van der Waals surface area contributed by atoms with E-state index in [-0.39, 0.29) is 0 Å². The summed E-state index contributed by atoms with van der Waals surface area (Å²) in [6.45, 7) is 2.98. The number of anilines is 1. The van der Waals surface area contributed by atoms with Crippen molar-refractivity contribution in [3.63, 3.8) is 0 Å². The Balaban J connectivity index is 2.49. The number of nitrogens with one attached hydrogen (secondary N) is 1. The zero-order chi connectivity index (χ0) is 8.55. The van der Waals surface area contributed by atoms with Crippen molar-refractivity contribution in [2.24, 2.45) is 0 Å². The topological polar surface area (TPSA) is 32.3 Å². The van der Waals surface area contributed by atoms with Crippen LogP contribution in [0, 0.1) is 6.92 Å². The molecule has 0 radical (unpaired) electrons. The van der Waals surface area contributed by atoms with Crippen LogP contribution in [0.3, 0.4) is 0 Å². The molecular weight excluding hydrogens is 150 g/mol. The van der Waals surface area contributed by atoms with E-state index in [1.165, 1.54) is 11.3 Å². The van der Waals surface area contributed by atoms with Crippen molar-refractivity contribution in [3.8, 4) is 5.75 Å². The predicted octanol–water partition coefficient (Wildman–Crippen LogP) is 2.06. The van der Waals surface area contributed by atoms with Crippen LogP contribution in [-0.2, 0) is 6.42 Å². The molecule has 64 valence electrons. The first kappa shape index (κ1) is 7.47. The van der Waals surface area contributed by atoms with Crippen molar-refractivity contribution in [1.29, 1.82) is 0 Å². The number of aromatic hydroxyl groups is 1. The maximum atomic E-state index is 9.45. The Morgan fingerprint density at radius 2 is 2.25 bits per heavy atom. The quantitative estimate of drug-likeness (QED) is 0.574. The molecule has 0 atom stereocenters. The van der Waals surface area contributed by atoms with Crippen LogP contribution in [-0.4, -0.2) is 11.7 Å². The van der Waals surface area contributed by atoms with Gasteiger partial charge in [-0.3, -0.25) is 0 Å². The molecule has 0 spiro atoms. The van der Waals surface area contributed by atoms with Crippen LogP contribution < -0.4 is 5.32 Å². The van der Waals surface area contributed by atoms with E-state index < -0.39 is 0 Å². The third-order valence-corrected chi connectivity index (χ3v) is 2.36. The second-order valence-corrected chi connectivity index (χ2v) is 3.33. The van der Waals surface area contributed by atoms with E-state index in [0.717, 1.165) is 24.9 Å². The fourth-order valence-corrected chi connectivity index (χ4v) is 1.61. The molecule has 0 aliphatic carbocycles. The number of aryl methyl sites for hydroxylation is 2. The normalized spacial score (nSPS) is 15.1. The molecule has 0 unspecified atom stereocenters. The summed E-state index contributed by atoms with van der Waals surface area (Å²) in [5.41, 5.74) is 3.38. The lowest BCUT2D eigenvalue weighted by atomic mass is 10.0. The minimum absolute atomic E-state index is 0.414. The van der Waals surface area contributed by atoms with Crippen LogP contribution >= 0.6 is 0 Å². The van der Waals surface area contributed by atoms with Crippen LogP contribution in [0.2, 0.25) is 0 Å². The zero-order valence-corrected chi connectivity index (χ0v) is 7.22. The van der Waals surface area contributed by atoms with Gasteiger partial charge in [-0.25, -0.2) is 0 Å². The van der Waals surface area contributed by atoms with Crippen LogP contribution in [0.1, 0.15) is 17.5 Å². The van der Waals surface area contributed by atoms with Gasteiger partial charge >= 0.3 is 0 Å². The number of fused-ring (bicyclic) bond motifs is 1. The summed E-state index contributed by atoms with van der Waals surface area (Å²) in [6, 6.07) is 3.89. The first-order valence-electron chi connectivity index (χ1n) is 4.34. The van der Waals surface area contributed by atoms with E-state index in [1.54, 1.807) is 0 Å². The summed E-state index contributed by atoms with van der Waals surface area (Å²) in [7, 11) is 0. The molecule has 0 saturated carbocycles. The molecule has 2 heteroatoms. The minimum Gasteiger partial charge on any atom is -0.508 e. The maximum Gasteiger partial charge on any atom is 0.118 e. The van der Waals surface area contributed by atoms with Gasteiger partial charge in [0.1, 0.15) is 5.75 Å². The number of phenols is 1. The van der Waals surface area contributed by atoms with E-state index in [4.69, 9.17) is 0 Å².